The van der Waals surface area contributed by atoms with E-state index in [1.807, 2.05) is 11.4 Å². The van der Waals surface area contributed by atoms with Crippen molar-refractivity contribution in [3.05, 3.63) is 17.8 Å². The number of methoxy groups -OCH3 is 1. The molecule has 4 heterocycles. The average Bonchev–Trinajstić information content (AvgIpc) is 3.18. The van der Waals surface area contributed by atoms with Gasteiger partial charge in [0.15, 0.2) is 0 Å². The summed E-state index contributed by atoms with van der Waals surface area (Å²) in [5.74, 6) is 0.885. The van der Waals surface area contributed by atoms with E-state index in [-0.39, 0.29) is 11.9 Å². The maximum atomic E-state index is 12.2. The molecule has 2 fully saturated rings. The van der Waals surface area contributed by atoms with Gasteiger partial charge in [0.25, 0.3) is 0 Å². The highest BCUT2D eigenvalue weighted by Crippen LogP contribution is 2.44. The van der Waals surface area contributed by atoms with E-state index in [4.69, 9.17) is 9.47 Å². The van der Waals surface area contributed by atoms with E-state index in [2.05, 4.69) is 14.9 Å². The zero-order valence-corrected chi connectivity index (χ0v) is 12.4. The van der Waals surface area contributed by atoms with Crippen LogP contribution < -0.4 is 4.90 Å². The van der Waals surface area contributed by atoms with Crippen LogP contribution in [0, 0.1) is 11.3 Å². The Morgan fingerprint density at radius 2 is 2.48 bits per heavy atom. The molecule has 2 aromatic rings. The van der Waals surface area contributed by atoms with Crippen LogP contribution in [0.4, 0.5) is 5.82 Å². The lowest BCUT2D eigenvalue weighted by Gasteiger charge is -2.24. The van der Waals surface area contributed by atoms with E-state index in [1.165, 1.54) is 7.11 Å². The van der Waals surface area contributed by atoms with Crippen LogP contribution in [0.5, 0.6) is 0 Å². The molecule has 2 aromatic heterocycles. The molecule has 0 aromatic carbocycles. The summed E-state index contributed by atoms with van der Waals surface area (Å²) in [5, 5.41) is 3.06. The molecule has 2 saturated heterocycles. The molecule has 0 unspecified atom stereocenters. The first-order valence-electron chi connectivity index (χ1n) is 6.84. The Bertz CT molecular complexity index is 704. The van der Waals surface area contributed by atoms with E-state index in [9.17, 15) is 4.79 Å². The van der Waals surface area contributed by atoms with Gasteiger partial charge in [-0.2, -0.15) is 0 Å². The summed E-state index contributed by atoms with van der Waals surface area (Å²) >= 11 is 1.60. The maximum Gasteiger partial charge on any atom is 0.316 e. The van der Waals surface area contributed by atoms with Crippen LogP contribution in [0.2, 0.25) is 0 Å². The van der Waals surface area contributed by atoms with Crippen molar-refractivity contribution < 1.29 is 14.3 Å². The zero-order valence-electron chi connectivity index (χ0n) is 11.6. The van der Waals surface area contributed by atoms with Crippen LogP contribution in [0.3, 0.4) is 0 Å². The minimum Gasteiger partial charge on any atom is -0.468 e. The Balaban J connectivity index is 1.73. The summed E-state index contributed by atoms with van der Waals surface area (Å²) in [4.78, 5) is 24.1. The quantitative estimate of drug-likeness (QED) is 0.780. The molecule has 2 aliphatic heterocycles. The van der Waals surface area contributed by atoms with Gasteiger partial charge in [0.2, 0.25) is 0 Å². The highest BCUT2D eigenvalue weighted by molar-refractivity contribution is 7.16. The van der Waals surface area contributed by atoms with Crippen molar-refractivity contribution in [3.63, 3.8) is 0 Å². The third-order valence-electron chi connectivity index (χ3n) is 4.51. The lowest BCUT2D eigenvalue weighted by Crippen LogP contribution is -2.40. The van der Waals surface area contributed by atoms with E-state index in [1.54, 1.807) is 17.7 Å². The number of anilines is 1. The maximum absolute atomic E-state index is 12.2. The van der Waals surface area contributed by atoms with Gasteiger partial charge in [-0.05, 0) is 11.4 Å². The van der Waals surface area contributed by atoms with Crippen LogP contribution in [0.15, 0.2) is 17.8 Å². The third-order valence-corrected chi connectivity index (χ3v) is 5.33. The van der Waals surface area contributed by atoms with Crippen LogP contribution in [0.1, 0.15) is 0 Å². The average molecular weight is 305 g/mol. The number of nitrogens with zero attached hydrogens (tertiary/aromatic N) is 3. The Kier molecular flexibility index (Phi) is 2.87. The molecule has 0 amide bonds. The van der Waals surface area contributed by atoms with Gasteiger partial charge in [0, 0.05) is 19.0 Å². The van der Waals surface area contributed by atoms with Crippen LogP contribution >= 0.6 is 11.3 Å². The van der Waals surface area contributed by atoms with Crippen molar-refractivity contribution in [2.75, 3.05) is 38.3 Å². The summed E-state index contributed by atoms with van der Waals surface area (Å²) in [6.07, 6.45) is 1.59. The lowest BCUT2D eigenvalue weighted by atomic mass is 9.81. The van der Waals surface area contributed by atoms with Gasteiger partial charge >= 0.3 is 5.97 Å². The van der Waals surface area contributed by atoms with Crippen molar-refractivity contribution in [2.24, 2.45) is 11.3 Å². The molecule has 2 atom stereocenters. The highest BCUT2D eigenvalue weighted by atomic mass is 32.1. The minimum absolute atomic E-state index is 0.161. The van der Waals surface area contributed by atoms with Crippen molar-refractivity contribution in [1.29, 1.82) is 0 Å². The Labute approximate surface area is 125 Å². The van der Waals surface area contributed by atoms with Crippen molar-refractivity contribution >= 4 is 33.3 Å². The number of fused-ring (bicyclic) bond motifs is 2. The first-order valence-corrected chi connectivity index (χ1v) is 7.72. The molecule has 0 saturated carbocycles. The van der Waals surface area contributed by atoms with Gasteiger partial charge in [0.1, 0.15) is 22.4 Å². The number of carbonyl (C=O) groups is 1. The fourth-order valence-corrected chi connectivity index (χ4v) is 4.15. The van der Waals surface area contributed by atoms with Crippen molar-refractivity contribution in [1.82, 2.24) is 9.97 Å². The Hall–Kier alpha value is -1.73. The topological polar surface area (TPSA) is 64.6 Å². The number of aromatic nitrogens is 2. The second-order valence-corrected chi connectivity index (χ2v) is 6.47. The summed E-state index contributed by atoms with van der Waals surface area (Å²) in [7, 11) is 1.44. The van der Waals surface area contributed by atoms with Crippen LogP contribution in [0.25, 0.3) is 10.2 Å². The summed E-state index contributed by atoms with van der Waals surface area (Å²) in [5.41, 5.74) is -0.554. The number of hydrogen-bond acceptors (Lipinski definition) is 7. The number of hydrogen-bond donors (Lipinski definition) is 0. The van der Waals surface area contributed by atoms with E-state index in [0.717, 1.165) is 22.6 Å². The van der Waals surface area contributed by atoms with E-state index >= 15 is 0 Å². The van der Waals surface area contributed by atoms with Crippen LogP contribution in [-0.2, 0) is 14.3 Å². The molecule has 0 spiro atoms. The van der Waals surface area contributed by atoms with Gasteiger partial charge in [-0.1, -0.05) is 0 Å². The molecule has 7 heteroatoms. The number of esters is 1. The van der Waals surface area contributed by atoms with Crippen molar-refractivity contribution in [3.8, 4) is 0 Å². The van der Waals surface area contributed by atoms with Gasteiger partial charge in [-0.25, -0.2) is 9.97 Å². The first-order chi connectivity index (χ1) is 10.2. The first kappa shape index (κ1) is 13.0. The number of carbonyl (C=O) groups excluding carboxylic acids is 1. The number of rotatable bonds is 2. The summed E-state index contributed by atoms with van der Waals surface area (Å²) < 4.78 is 10.6. The lowest BCUT2D eigenvalue weighted by molar-refractivity contribution is -0.152. The summed E-state index contributed by atoms with van der Waals surface area (Å²) in [6, 6.07) is 2.03. The molecule has 21 heavy (non-hydrogen) atoms. The van der Waals surface area contributed by atoms with Gasteiger partial charge in [-0.3, -0.25) is 4.79 Å². The fourth-order valence-electron chi connectivity index (χ4n) is 3.42. The van der Waals surface area contributed by atoms with E-state index in [0.29, 0.717) is 19.8 Å². The predicted molar refractivity (Wildman–Crippen MR) is 78.4 cm³/mol. The molecule has 0 radical (unpaired) electrons. The number of ether oxygens (including phenoxy) is 2. The Morgan fingerprint density at radius 3 is 3.33 bits per heavy atom. The second kappa shape index (κ2) is 4.64. The third kappa shape index (κ3) is 1.77. The molecule has 6 nitrogen and oxygen atoms in total. The smallest absolute Gasteiger partial charge is 0.316 e. The molecule has 0 bridgehead atoms. The Morgan fingerprint density at radius 1 is 1.57 bits per heavy atom. The SMILES string of the molecule is COC(=O)[C@@]12COC[C@@H]1CN(c1ncnc3sccc13)C2. The van der Waals surface area contributed by atoms with Crippen molar-refractivity contribution in [2.45, 2.75) is 0 Å². The molecular formula is C14H15N3O3S. The van der Waals surface area contributed by atoms with E-state index < -0.39 is 5.41 Å². The van der Waals surface area contributed by atoms with Crippen LogP contribution in [-0.4, -0.2) is 49.4 Å². The molecule has 2 aliphatic rings. The molecule has 0 N–H and O–H groups in total. The second-order valence-electron chi connectivity index (χ2n) is 5.58. The van der Waals surface area contributed by atoms with Gasteiger partial charge in [-0.15, -0.1) is 11.3 Å². The molecular weight excluding hydrogens is 290 g/mol. The zero-order chi connectivity index (χ0) is 14.4. The number of thiophene rings is 1. The predicted octanol–water partition coefficient (Wildman–Crippen LogP) is 1.32. The highest BCUT2D eigenvalue weighted by Gasteiger charge is 2.57. The standard InChI is InChI=1S/C14H15N3O3S/c1-19-13(18)14-6-17(4-9(14)5-20-7-14)11-10-2-3-21-12(10)16-8-15-11/h2-3,8-9H,4-7H2,1H3/t9-,14-/m0/s1. The fraction of sp³-hybridized carbons (Fsp3) is 0.500. The molecule has 0 aliphatic carbocycles. The normalized spacial score (nSPS) is 28.0. The minimum atomic E-state index is -0.554. The monoisotopic (exact) mass is 305 g/mol. The molecule has 110 valence electrons. The molecule has 4 rings (SSSR count). The van der Waals surface area contributed by atoms with Gasteiger partial charge in [0.05, 0.1) is 25.7 Å². The summed E-state index contributed by atoms with van der Waals surface area (Å²) in [6.45, 7) is 2.38. The van der Waals surface area contributed by atoms with Gasteiger partial charge < -0.3 is 14.4 Å². The largest absolute Gasteiger partial charge is 0.468 e.